The summed E-state index contributed by atoms with van der Waals surface area (Å²) in [5.41, 5.74) is 7.42. The van der Waals surface area contributed by atoms with Crippen molar-refractivity contribution < 1.29 is 0 Å². The maximum absolute atomic E-state index is 2.61. The number of nitrogens with zero attached hydrogens (tertiary/aromatic N) is 1. The summed E-state index contributed by atoms with van der Waals surface area (Å²) in [6.07, 6.45) is 1.21. The molecule has 3 aromatic rings. The molecular weight excluding hydrogens is 282 g/mol. The van der Waals surface area contributed by atoms with Gasteiger partial charge >= 0.3 is 0 Å². The monoisotopic (exact) mass is 305 g/mol. The van der Waals surface area contributed by atoms with E-state index in [1.165, 1.54) is 39.5 Å². The fourth-order valence-corrected chi connectivity index (χ4v) is 5.25. The normalized spacial score (nSPS) is 15.3. The van der Waals surface area contributed by atoms with Gasteiger partial charge in [-0.3, -0.25) is 0 Å². The Bertz CT molecular complexity index is 871. The highest BCUT2D eigenvalue weighted by Gasteiger charge is 2.39. The Balaban J connectivity index is 2.15. The molecule has 22 heavy (non-hydrogen) atoms. The quantitative estimate of drug-likeness (QED) is 0.589. The molecule has 0 fully saturated rings. The van der Waals surface area contributed by atoms with Gasteiger partial charge in [0.25, 0.3) is 0 Å². The van der Waals surface area contributed by atoms with Crippen molar-refractivity contribution in [2.75, 3.05) is 0 Å². The summed E-state index contributed by atoms with van der Waals surface area (Å²) in [5, 5.41) is 1.44. The molecule has 0 amide bonds. The van der Waals surface area contributed by atoms with Gasteiger partial charge in [-0.25, -0.2) is 0 Å². The van der Waals surface area contributed by atoms with E-state index in [4.69, 9.17) is 0 Å². The van der Waals surface area contributed by atoms with E-state index in [1.54, 1.807) is 0 Å². The summed E-state index contributed by atoms with van der Waals surface area (Å²) in [4.78, 5) is 0. The number of rotatable bonds is 2. The van der Waals surface area contributed by atoms with Crippen molar-refractivity contribution in [2.24, 2.45) is 0 Å². The summed E-state index contributed by atoms with van der Waals surface area (Å²) >= 11 is 0. The maximum Gasteiger partial charge on any atom is 0.0541 e. The number of aromatic nitrogens is 1. The molecule has 1 heterocycles. The second-order valence-corrected chi connectivity index (χ2v) is 10.6. The lowest BCUT2D eigenvalue weighted by Crippen LogP contribution is -2.14. The van der Waals surface area contributed by atoms with Gasteiger partial charge in [0.15, 0.2) is 0 Å². The van der Waals surface area contributed by atoms with Crippen LogP contribution >= 0.6 is 0 Å². The molecule has 1 aliphatic rings. The van der Waals surface area contributed by atoms with Crippen LogP contribution in [0.5, 0.6) is 0 Å². The van der Waals surface area contributed by atoms with Gasteiger partial charge in [-0.05, 0) is 17.2 Å². The van der Waals surface area contributed by atoms with Gasteiger partial charge in [0.05, 0.1) is 14.5 Å². The van der Waals surface area contributed by atoms with Crippen molar-refractivity contribution in [2.45, 2.75) is 38.5 Å². The van der Waals surface area contributed by atoms with Crippen LogP contribution in [0.1, 0.15) is 25.0 Å². The summed E-state index contributed by atoms with van der Waals surface area (Å²) < 4.78 is 2.61. The lowest BCUT2D eigenvalue weighted by molar-refractivity contribution is 0.665. The SMILES string of the molecule is C[SiH](C)Cn1c2c(c3ccccc31)C(C)(C)c1ccccc1-2. The van der Waals surface area contributed by atoms with Crippen LogP contribution in [0.15, 0.2) is 48.5 Å². The van der Waals surface area contributed by atoms with Crippen LogP contribution in [0.2, 0.25) is 13.1 Å². The first-order valence-electron chi connectivity index (χ1n) is 8.23. The second-order valence-electron chi connectivity index (χ2n) is 7.42. The Kier molecular flexibility index (Phi) is 2.89. The van der Waals surface area contributed by atoms with Gasteiger partial charge in [-0.15, -0.1) is 0 Å². The number of fused-ring (bicyclic) bond motifs is 5. The Morgan fingerprint density at radius 3 is 2.41 bits per heavy atom. The van der Waals surface area contributed by atoms with Gasteiger partial charge in [0.2, 0.25) is 0 Å². The highest BCUT2D eigenvalue weighted by Crippen LogP contribution is 2.52. The fourth-order valence-electron chi connectivity index (χ4n) is 4.14. The van der Waals surface area contributed by atoms with Crippen molar-refractivity contribution in [1.82, 2.24) is 4.57 Å². The average Bonchev–Trinajstić information content (AvgIpc) is 2.93. The van der Waals surface area contributed by atoms with Crippen LogP contribution in [-0.4, -0.2) is 13.4 Å². The summed E-state index contributed by atoms with van der Waals surface area (Å²) in [6, 6.07) is 17.9. The minimum absolute atomic E-state index is 0.0926. The molecule has 2 heteroatoms. The largest absolute Gasteiger partial charge is 0.344 e. The standard InChI is InChI=1S/C20H23NSi/c1-20(2)16-11-7-5-9-14(16)19-18(20)15-10-6-8-12-17(15)21(19)13-22(3)4/h5-12,22H,13H2,1-4H3. The maximum atomic E-state index is 2.61. The van der Waals surface area contributed by atoms with E-state index in [0.717, 1.165) is 0 Å². The van der Waals surface area contributed by atoms with E-state index in [9.17, 15) is 0 Å². The zero-order valence-corrected chi connectivity index (χ0v) is 15.0. The molecular formula is C20H23NSi. The molecule has 1 aromatic heterocycles. The molecule has 1 nitrogen and oxygen atoms in total. The van der Waals surface area contributed by atoms with Gasteiger partial charge in [-0.1, -0.05) is 69.4 Å². The van der Waals surface area contributed by atoms with Gasteiger partial charge in [0.1, 0.15) is 0 Å². The highest BCUT2D eigenvalue weighted by atomic mass is 28.3. The lowest BCUT2D eigenvalue weighted by Gasteiger charge is -2.21. The summed E-state index contributed by atoms with van der Waals surface area (Å²) in [7, 11) is -0.700. The molecule has 0 aliphatic heterocycles. The number of para-hydroxylation sites is 1. The first-order valence-corrected chi connectivity index (χ1v) is 11.4. The minimum Gasteiger partial charge on any atom is -0.344 e. The van der Waals surface area contributed by atoms with Gasteiger partial charge in [0, 0.05) is 28.0 Å². The first-order chi connectivity index (χ1) is 10.5. The number of benzene rings is 2. The van der Waals surface area contributed by atoms with Crippen molar-refractivity contribution >= 4 is 19.7 Å². The molecule has 2 aromatic carbocycles. The molecule has 0 saturated carbocycles. The van der Waals surface area contributed by atoms with Crippen molar-refractivity contribution in [1.29, 1.82) is 0 Å². The minimum atomic E-state index is -0.700. The Hall–Kier alpha value is -1.80. The fraction of sp³-hybridized carbons (Fsp3) is 0.300. The molecule has 0 unspecified atom stereocenters. The van der Waals surface area contributed by atoms with Crippen molar-refractivity contribution in [3.8, 4) is 11.3 Å². The number of hydrogen-bond acceptors (Lipinski definition) is 0. The van der Waals surface area contributed by atoms with Crippen LogP contribution in [0.3, 0.4) is 0 Å². The van der Waals surface area contributed by atoms with Gasteiger partial charge in [-0.2, -0.15) is 0 Å². The van der Waals surface area contributed by atoms with Crippen LogP contribution in [0, 0.1) is 0 Å². The lowest BCUT2D eigenvalue weighted by atomic mass is 9.81. The van der Waals surface area contributed by atoms with Gasteiger partial charge < -0.3 is 4.57 Å². The third kappa shape index (κ3) is 1.70. The zero-order chi connectivity index (χ0) is 15.5. The van der Waals surface area contributed by atoms with Crippen molar-refractivity contribution in [3.05, 3.63) is 59.7 Å². The first kappa shape index (κ1) is 13.8. The number of hydrogen-bond donors (Lipinski definition) is 0. The smallest absolute Gasteiger partial charge is 0.0541 e. The van der Waals surface area contributed by atoms with Crippen LogP contribution in [0.25, 0.3) is 22.2 Å². The molecule has 0 radical (unpaired) electrons. The van der Waals surface area contributed by atoms with Crippen molar-refractivity contribution in [3.63, 3.8) is 0 Å². The molecule has 0 saturated heterocycles. The Morgan fingerprint density at radius 2 is 1.64 bits per heavy atom. The summed E-state index contributed by atoms with van der Waals surface area (Å²) in [6.45, 7) is 9.63. The third-order valence-corrected chi connectivity index (χ3v) is 6.09. The molecule has 0 N–H and O–H groups in total. The van der Waals surface area contributed by atoms with Crippen LogP contribution in [0.4, 0.5) is 0 Å². The van der Waals surface area contributed by atoms with Crippen LogP contribution in [-0.2, 0) is 11.6 Å². The molecule has 112 valence electrons. The van der Waals surface area contributed by atoms with E-state index in [2.05, 4.69) is 80.0 Å². The average molecular weight is 305 g/mol. The predicted molar refractivity (Wildman–Crippen MR) is 98.4 cm³/mol. The summed E-state index contributed by atoms with van der Waals surface area (Å²) in [5.74, 6) is 0. The van der Waals surface area contributed by atoms with E-state index in [0.29, 0.717) is 0 Å². The zero-order valence-electron chi connectivity index (χ0n) is 13.9. The third-order valence-electron chi connectivity index (χ3n) is 5.00. The predicted octanol–water partition coefficient (Wildman–Crippen LogP) is 4.97. The second kappa shape index (κ2) is 4.59. The Morgan fingerprint density at radius 1 is 0.955 bits per heavy atom. The van der Waals surface area contributed by atoms with E-state index < -0.39 is 8.80 Å². The molecule has 0 spiro atoms. The van der Waals surface area contributed by atoms with Crippen LogP contribution < -0.4 is 0 Å². The Labute approximate surface area is 134 Å². The van der Waals surface area contributed by atoms with E-state index in [-0.39, 0.29) is 5.41 Å². The topological polar surface area (TPSA) is 4.93 Å². The molecule has 4 rings (SSSR count). The van der Waals surface area contributed by atoms with E-state index in [1.807, 2.05) is 0 Å². The molecule has 1 aliphatic carbocycles. The molecule has 0 bridgehead atoms. The highest BCUT2D eigenvalue weighted by molar-refractivity contribution is 6.54. The molecule has 0 atom stereocenters. The van der Waals surface area contributed by atoms with E-state index >= 15 is 0 Å².